The number of hydrogen-bond donors (Lipinski definition) is 0. The number of piperazine rings is 1. The van der Waals surface area contributed by atoms with Gasteiger partial charge in [-0.05, 0) is 25.0 Å². The Hall–Kier alpha value is -2.96. The standard InChI is InChI=1S/C25H34N6O/c1-4-6-13-22(32)29-14-16-30(17-15-29)24-21-18-26-31(20-11-8-7-9-12-20)25(21)28-23(27-24)19(3)10-5-2/h7-9,11-12,18-19H,4-6,10,13-17H2,1-3H3/t19-/m0/s1. The molecule has 0 N–H and O–H groups in total. The van der Waals surface area contributed by atoms with E-state index in [0.717, 1.165) is 80.2 Å². The molecule has 32 heavy (non-hydrogen) atoms. The molecule has 4 rings (SSSR count). The molecule has 1 aromatic carbocycles. The quantitative estimate of drug-likeness (QED) is 0.520. The Balaban J connectivity index is 1.66. The maximum absolute atomic E-state index is 12.5. The monoisotopic (exact) mass is 434 g/mol. The van der Waals surface area contributed by atoms with Crippen molar-refractivity contribution in [1.29, 1.82) is 0 Å². The zero-order chi connectivity index (χ0) is 22.5. The number of carbonyl (C=O) groups is 1. The molecule has 1 atom stereocenters. The lowest BCUT2D eigenvalue weighted by molar-refractivity contribution is -0.131. The molecule has 1 amide bonds. The Bertz CT molecular complexity index is 1040. The number of carbonyl (C=O) groups excluding carboxylic acids is 1. The first-order valence-electron chi connectivity index (χ1n) is 12.0. The molecule has 1 saturated heterocycles. The summed E-state index contributed by atoms with van der Waals surface area (Å²) in [6, 6.07) is 10.1. The van der Waals surface area contributed by atoms with E-state index in [1.54, 1.807) is 0 Å². The number of anilines is 1. The van der Waals surface area contributed by atoms with Crippen LogP contribution in [0.2, 0.25) is 0 Å². The van der Waals surface area contributed by atoms with Crippen LogP contribution in [0, 0.1) is 0 Å². The van der Waals surface area contributed by atoms with Crippen molar-refractivity contribution in [3.8, 4) is 5.69 Å². The summed E-state index contributed by atoms with van der Waals surface area (Å²) in [4.78, 5) is 26.7. The second-order valence-corrected chi connectivity index (χ2v) is 8.70. The van der Waals surface area contributed by atoms with Crippen molar-refractivity contribution >= 4 is 22.8 Å². The van der Waals surface area contributed by atoms with Crippen LogP contribution >= 0.6 is 0 Å². The van der Waals surface area contributed by atoms with E-state index in [0.29, 0.717) is 6.42 Å². The molecule has 0 spiro atoms. The molecule has 7 heteroatoms. The van der Waals surface area contributed by atoms with Crippen molar-refractivity contribution in [3.05, 3.63) is 42.4 Å². The van der Waals surface area contributed by atoms with E-state index in [4.69, 9.17) is 9.97 Å². The predicted molar refractivity (Wildman–Crippen MR) is 128 cm³/mol. The lowest BCUT2D eigenvalue weighted by Crippen LogP contribution is -2.49. The van der Waals surface area contributed by atoms with Crippen LogP contribution in [0.3, 0.4) is 0 Å². The average molecular weight is 435 g/mol. The minimum Gasteiger partial charge on any atom is -0.352 e. The van der Waals surface area contributed by atoms with Gasteiger partial charge < -0.3 is 9.80 Å². The van der Waals surface area contributed by atoms with Crippen LogP contribution < -0.4 is 4.90 Å². The molecule has 3 aromatic rings. The summed E-state index contributed by atoms with van der Waals surface area (Å²) < 4.78 is 1.91. The highest BCUT2D eigenvalue weighted by molar-refractivity contribution is 5.88. The number of rotatable bonds is 8. The second kappa shape index (κ2) is 10.1. The average Bonchev–Trinajstić information content (AvgIpc) is 3.27. The number of amides is 1. The van der Waals surface area contributed by atoms with Gasteiger partial charge in [-0.15, -0.1) is 0 Å². The van der Waals surface area contributed by atoms with Gasteiger partial charge in [0.15, 0.2) is 5.65 Å². The third kappa shape index (κ3) is 4.61. The van der Waals surface area contributed by atoms with Crippen LogP contribution in [0.25, 0.3) is 16.7 Å². The summed E-state index contributed by atoms with van der Waals surface area (Å²) in [5.74, 6) is 2.36. The Labute approximate surface area is 190 Å². The number of para-hydroxylation sites is 1. The van der Waals surface area contributed by atoms with Crippen LogP contribution in [0.1, 0.15) is 64.6 Å². The highest BCUT2D eigenvalue weighted by atomic mass is 16.2. The predicted octanol–water partition coefficient (Wildman–Crippen LogP) is 4.56. The van der Waals surface area contributed by atoms with Crippen LogP contribution in [-0.2, 0) is 4.79 Å². The summed E-state index contributed by atoms with van der Waals surface area (Å²) in [5.41, 5.74) is 1.84. The third-order valence-corrected chi connectivity index (χ3v) is 6.26. The third-order valence-electron chi connectivity index (χ3n) is 6.26. The van der Waals surface area contributed by atoms with Crippen LogP contribution in [0.4, 0.5) is 5.82 Å². The topological polar surface area (TPSA) is 67.2 Å². The second-order valence-electron chi connectivity index (χ2n) is 8.70. The molecule has 7 nitrogen and oxygen atoms in total. The van der Waals surface area contributed by atoms with Crippen molar-refractivity contribution in [2.75, 3.05) is 31.1 Å². The highest BCUT2D eigenvalue weighted by Crippen LogP contribution is 2.29. The molecule has 1 aliphatic heterocycles. The molecule has 0 saturated carbocycles. The summed E-state index contributed by atoms with van der Waals surface area (Å²) in [6.45, 7) is 9.55. The summed E-state index contributed by atoms with van der Waals surface area (Å²) in [5, 5.41) is 5.63. The highest BCUT2D eigenvalue weighted by Gasteiger charge is 2.25. The lowest BCUT2D eigenvalue weighted by Gasteiger charge is -2.36. The minimum atomic E-state index is 0.272. The van der Waals surface area contributed by atoms with Crippen molar-refractivity contribution in [2.45, 2.75) is 58.8 Å². The molecule has 3 heterocycles. The van der Waals surface area contributed by atoms with Crippen molar-refractivity contribution in [1.82, 2.24) is 24.6 Å². The Morgan fingerprint density at radius 1 is 1.03 bits per heavy atom. The minimum absolute atomic E-state index is 0.272. The van der Waals surface area contributed by atoms with E-state index in [1.807, 2.05) is 46.1 Å². The van der Waals surface area contributed by atoms with E-state index in [1.165, 1.54) is 0 Å². The lowest BCUT2D eigenvalue weighted by atomic mass is 10.1. The maximum Gasteiger partial charge on any atom is 0.222 e. The smallest absolute Gasteiger partial charge is 0.222 e. The zero-order valence-corrected chi connectivity index (χ0v) is 19.5. The van der Waals surface area contributed by atoms with Crippen molar-refractivity contribution in [3.63, 3.8) is 0 Å². The molecular weight excluding hydrogens is 400 g/mol. The molecule has 0 bridgehead atoms. The van der Waals surface area contributed by atoms with E-state index >= 15 is 0 Å². The van der Waals surface area contributed by atoms with Crippen LogP contribution in [0.15, 0.2) is 36.5 Å². The van der Waals surface area contributed by atoms with E-state index in [2.05, 4.69) is 30.8 Å². The van der Waals surface area contributed by atoms with Gasteiger partial charge in [-0.1, -0.05) is 51.8 Å². The van der Waals surface area contributed by atoms with Crippen LogP contribution in [0.5, 0.6) is 0 Å². The summed E-state index contributed by atoms with van der Waals surface area (Å²) in [7, 11) is 0. The maximum atomic E-state index is 12.5. The molecule has 170 valence electrons. The number of nitrogens with zero attached hydrogens (tertiary/aromatic N) is 6. The fourth-order valence-electron chi connectivity index (χ4n) is 4.35. The number of fused-ring (bicyclic) bond motifs is 1. The molecule has 2 aromatic heterocycles. The SMILES string of the molecule is CCCCC(=O)N1CCN(c2nc([C@@H](C)CCC)nc3c2cnn3-c2ccccc2)CC1. The molecule has 0 radical (unpaired) electrons. The normalized spacial score (nSPS) is 15.3. The van der Waals surface area contributed by atoms with Gasteiger partial charge in [0.05, 0.1) is 17.3 Å². The Morgan fingerprint density at radius 2 is 1.78 bits per heavy atom. The summed E-state index contributed by atoms with van der Waals surface area (Å²) >= 11 is 0. The number of benzene rings is 1. The van der Waals surface area contributed by atoms with E-state index < -0.39 is 0 Å². The molecule has 0 aliphatic carbocycles. The summed E-state index contributed by atoms with van der Waals surface area (Å²) in [6.07, 6.45) is 6.68. The zero-order valence-electron chi connectivity index (χ0n) is 19.5. The fourth-order valence-corrected chi connectivity index (χ4v) is 4.35. The number of unbranched alkanes of at least 4 members (excludes halogenated alkanes) is 1. The van der Waals surface area contributed by atoms with Gasteiger partial charge in [0.25, 0.3) is 0 Å². The van der Waals surface area contributed by atoms with Gasteiger partial charge in [-0.3, -0.25) is 4.79 Å². The largest absolute Gasteiger partial charge is 0.352 e. The first-order valence-corrected chi connectivity index (χ1v) is 12.0. The van der Waals surface area contributed by atoms with Gasteiger partial charge >= 0.3 is 0 Å². The van der Waals surface area contributed by atoms with E-state index in [9.17, 15) is 4.79 Å². The van der Waals surface area contributed by atoms with Gasteiger partial charge in [0, 0.05) is 38.5 Å². The first-order chi connectivity index (χ1) is 15.6. The van der Waals surface area contributed by atoms with Gasteiger partial charge in [0.2, 0.25) is 5.91 Å². The molecule has 0 unspecified atom stereocenters. The Kier molecular flexibility index (Phi) is 7.02. The Morgan fingerprint density at radius 3 is 2.47 bits per heavy atom. The molecule has 1 fully saturated rings. The van der Waals surface area contributed by atoms with Gasteiger partial charge in [-0.2, -0.15) is 5.10 Å². The van der Waals surface area contributed by atoms with Crippen molar-refractivity contribution in [2.24, 2.45) is 0 Å². The van der Waals surface area contributed by atoms with Gasteiger partial charge in [-0.25, -0.2) is 14.6 Å². The molecule has 1 aliphatic rings. The first kappa shape index (κ1) is 22.2. The van der Waals surface area contributed by atoms with Crippen LogP contribution in [-0.4, -0.2) is 56.7 Å². The van der Waals surface area contributed by atoms with Gasteiger partial charge in [0.1, 0.15) is 11.6 Å². The number of hydrogen-bond acceptors (Lipinski definition) is 5. The molecular formula is C25H34N6O. The van der Waals surface area contributed by atoms with Crippen molar-refractivity contribution < 1.29 is 4.79 Å². The fraction of sp³-hybridized carbons (Fsp3) is 0.520. The van der Waals surface area contributed by atoms with E-state index in [-0.39, 0.29) is 11.8 Å². The number of aromatic nitrogens is 4.